The molecule has 112 valence electrons. The lowest BCUT2D eigenvalue weighted by Gasteiger charge is -2.36. The van der Waals surface area contributed by atoms with Gasteiger partial charge in [-0.2, -0.15) is 0 Å². The first-order valence-corrected chi connectivity index (χ1v) is 7.10. The van der Waals surface area contributed by atoms with Gasteiger partial charge in [0.25, 0.3) is 0 Å². The van der Waals surface area contributed by atoms with Crippen molar-refractivity contribution in [1.82, 2.24) is 9.38 Å². The predicted octanol–water partition coefficient (Wildman–Crippen LogP) is 1.89. The third-order valence-corrected chi connectivity index (χ3v) is 4.21. The molecule has 0 bridgehead atoms. The number of aromatic carboxylic acids is 1. The summed E-state index contributed by atoms with van der Waals surface area (Å²) < 4.78 is 7.13. The fourth-order valence-electron chi connectivity index (χ4n) is 2.94. The van der Waals surface area contributed by atoms with E-state index in [2.05, 4.69) is 11.9 Å². The minimum absolute atomic E-state index is 0.102. The van der Waals surface area contributed by atoms with Gasteiger partial charge < -0.3 is 14.7 Å². The molecule has 0 aliphatic carbocycles. The largest absolute Gasteiger partial charge is 0.476 e. The van der Waals surface area contributed by atoms with E-state index in [9.17, 15) is 9.90 Å². The molecular formula is C15H19N3O3. The second-order valence-electron chi connectivity index (χ2n) is 5.50. The maximum absolute atomic E-state index is 11.6. The molecule has 1 saturated heterocycles. The molecule has 1 fully saturated rings. The van der Waals surface area contributed by atoms with Crippen LogP contribution < -0.4 is 4.90 Å². The Labute approximate surface area is 123 Å². The van der Waals surface area contributed by atoms with Crippen molar-refractivity contribution in [3.63, 3.8) is 0 Å². The topological polar surface area (TPSA) is 67.1 Å². The summed E-state index contributed by atoms with van der Waals surface area (Å²) in [6.07, 6.45) is 2.80. The van der Waals surface area contributed by atoms with E-state index in [1.165, 1.54) is 0 Å². The zero-order valence-electron chi connectivity index (χ0n) is 12.2. The number of hydrogen-bond acceptors (Lipinski definition) is 4. The van der Waals surface area contributed by atoms with Crippen LogP contribution in [0.15, 0.2) is 24.4 Å². The average molecular weight is 289 g/mol. The van der Waals surface area contributed by atoms with Gasteiger partial charge in [-0.3, -0.25) is 4.40 Å². The molecular weight excluding hydrogens is 270 g/mol. The van der Waals surface area contributed by atoms with Gasteiger partial charge in [-0.05, 0) is 24.5 Å². The number of piperidine rings is 1. The first-order chi connectivity index (χ1) is 10.1. The maximum Gasteiger partial charge on any atom is 0.356 e. The van der Waals surface area contributed by atoms with Crippen LogP contribution in [0, 0.1) is 5.92 Å². The molecule has 0 aromatic carbocycles. The van der Waals surface area contributed by atoms with Crippen molar-refractivity contribution in [3.8, 4) is 0 Å². The molecule has 1 N–H and O–H groups in total. The third kappa shape index (κ3) is 2.35. The summed E-state index contributed by atoms with van der Waals surface area (Å²) in [5.74, 6) is 0.0375. The number of hydrogen-bond donors (Lipinski definition) is 1. The molecule has 1 aliphatic heterocycles. The number of carboxylic acids is 1. The summed E-state index contributed by atoms with van der Waals surface area (Å²) in [5.41, 5.74) is 0.868. The summed E-state index contributed by atoms with van der Waals surface area (Å²) in [7, 11) is 1.70. The van der Waals surface area contributed by atoms with Crippen LogP contribution in [0.25, 0.3) is 5.65 Å². The predicted molar refractivity (Wildman–Crippen MR) is 78.9 cm³/mol. The smallest absolute Gasteiger partial charge is 0.356 e. The van der Waals surface area contributed by atoms with Crippen LogP contribution in [0.2, 0.25) is 0 Å². The summed E-state index contributed by atoms with van der Waals surface area (Å²) in [6.45, 7) is 3.63. The van der Waals surface area contributed by atoms with Crippen molar-refractivity contribution in [2.24, 2.45) is 5.92 Å². The summed E-state index contributed by atoms with van der Waals surface area (Å²) in [6, 6.07) is 5.48. The van der Waals surface area contributed by atoms with Gasteiger partial charge in [-0.1, -0.05) is 13.0 Å². The number of imidazole rings is 1. The van der Waals surface area contributed by atoms with E-state index in [1.54, 1.807) is 23.8 Å². The lowest BCUT2D eigenvalue weighted by Crippen LogP contribution is -2.44. The summed E-state index contributed by atoms with van der Waals surface area (Å²) in [5, 5.41) is 9.54. The number of rotatable bonds is 3. The van der Waals surface area contributed by atoms with E-state index in [-0.39, 0.29) is 11.8 Å². The molecule has 6 nitrogen and oxygen atoms in total. The number of nitrogens with zero attached hydrogens (tertiary/aromatic N) is 3. The highest BCUT2D eigenvalue weighted by atomic mass is 16.5. The lowest BCUT2D eigenvalue weighted by molar-refractivity contribution is 0.0494. The normalized spacial score (nSPS) is 22.7. The van der Waals surface area contributed by atoms with Crippen LogP contribution in [-0.4, -0.2) is 46.8 Å². The van der Waals surface area contributed by atoms with Gasteiger partial charge in [-0.25, -0.2) is 9.78 Å². The molecule has 2 aromatic heterocycles. The minimum Gasteiger partial charge on any atom is -0.476 e. The number of anilines is 1. The van der Waals surface area contributed by atoms with Crippen LogP contribution in [-0.2, 0) is 4.74 Å². The molecule has 0 amide bonds. The highest BCUT2D eigenvalue weighted by Crippen LogP contribution is 2.27. The number of methoxy groups -OCH3 is 1. The Morgan fingerprint density at radius 3 is 3.00 bits per heavy atom. The Balaban J connectivity index is 2.04. The third-order valence-electron chi connectivity index (χ3n) is 4.21. The molecule has 3 heterocycles. The van der Waals surface area contributed by atoms with Gasteiger partial charge >= 0.3 is 5.97 Å². The van der Waals surface area contributed by atoms with Gasteiger partial charge in [0.2, 0.25) is 0 Å². The van der Waals surface area contributed by atoms with Crippen molar-refractivity contribution >= 4 is 17.4 Å². The van der Waals surface area contributed by atoms with E-state index in [0.29, 0.717) is 23.9 Å². The lowest BCUT2D eigenvalue weighted by atomic mass is 9.96. The number of fused-ring (bicyclic) bond motifs is 1. The fourth-order valence-corrected chi connectivity index (χ4v) is 2.94. The first-order valence-electron chi connectivity index (χ1n) is 7.10. The van der Waals surface area contributed by atoms with E-state index < -0.39 is 5.97 Å². The molecule has 0 saturated carbocycles. The Kier molecular flexibility index (Phi) is 3.55. The number of aromatic nitrogens is 2. The summed E-state index contributed by atoms with van der Waals surface area (Å²) in [4.78, 5) is 18.2. The monoisotopic (exact) mass is 289 g/mol. The zero-order valence-corrected chi connectivity index (χ0v) is 12.2. The number of pyridine rings is 1. The highest BCUT2D eigenvalue weighted by molar-refractivity contribution is 5.93. The van der Waals surface area contributed by atoms with Crippen molar-refractivity contribution in [3.05, 3.63) is 30.1 Å². The number of carboxylic acid groups (broad SMARTS) is 1. The van der Waals surface area contributed by atoms with E-state index in [4.69, 9.17) is 4.74 Å². The first kappa shape index (κ1) is 13.9. The molecule has 6 heteroatoms. The second kappa shape index (κ2) is 5.37. The fraction of sp³-hybridized carbons (Fsp3) is 0.467. The molecule has 2 aromatic rings. The van der Waals surface area contributed by atoms with Gasteiger partial charge in [0.05, 0.1) is 6.10 Å². The van der Waals surface area contributed by atoms with Crippen LogP contribution in [0.5, 0.6) is 0 Å². The van der Waals surface area contributed by atoms with Crippen molar-refractivity contribution < 1.29 is 14.6 Å². The second-order valence-corrected chi connectivity index (χ2v) is 5.50. The molecule has 2 atom stereocenters. The highest BCUT2D eigenvalue weighted by Gasteiger charge is 2.30. The standard InChI is InChI=1S/C15H19N3O3/c1-10-6-8-17(9-11(10)21-2)14-13(15(19)20)18-7-4-3-5-12(18)16-14/h3-5,7,10-11H,6,8-9H2,1-2H3,(H,19,20). The Bertz CT molecular complexity index is 667. The molecule has 3 rings (SSSR count). The van der Waals surface area contributed by atoms with E-state index in [1.807, 2.05) is 17.0 Å². The minimum atomic E-state index is -0.962. The number of carbonyl (C=O) groups is 1. The van der Waals surface area contributed by atoms with Gasteiger partial charge in [0.15, 0.2) is 11.5 Å². The van der Waals surface area contributed by atoms with Crippen molar-refractivity contribution in [2.75, 3.05) is 25.1 Å². The maximum atomic E-state index is 11.6. The molecule has 0 spiro atoms. The Hall–Kier alpha value is -2.08. The van der Waals surface area contributed by atoms with Crippen LogP contribution in [0.1, 0.15) is 23.8 Å². The number of ether oxygens (including phenoxy) is 1. The van der Waals surface area contributed by atoms with Gasteiger partial charge in [-0.15, -0.1) is 0 Å². The summed E-state index contributed by atoms with van der Waals surface area (Å²) >= 11 is 0. The van der Waals surface area contributed by atoms with Gasteiger partial charge in [0.1, 0.15) is 5.65 Å². The zero-order chi connectivity index (χ0) is 15.0. The van der Waals surface area contributed by atoms with E-state index >= 15 is 0 Å². The Morgan fingerprint density at radius 2 is 2.29 bits per heavy atom. The van der Waals surface area contributed by atoms with Crippen molar-refractivity contribution in [1.29, 1.82) is 0 Å². The molecule has 21 heavy (non-hydrogen) atoms. The van der Waals surface area contributed by atoms with Crippen LogP contribution in [0.3, 0.4) is 0 Å². The van der Waals surface area contributed by atoms with Crippen LogP contribution >= 0.6 is 0 Å². The molecule has 2 unspecified atom stereocenters. The quantitative estimate of drug-likeness (QED) is 0.934. The van der Waals surface area contributed by atoms with Crippen LogP contribution in [0.4, 0.5) is 5.82 Å². The SMILES string of the molecule is COC1CN(c2nc3ccccn3c2C(=O)O)CCC1C. The molecule has 0 radical (unpaired) electrons. The Morgan fingerprint density at radius 1 is 1.48 bits per heavy atom. The van der Waals surface area contributed by atoms with Gasteiger partial charge in [0, 0.05) is 26.4 Å². The van der Waals surface area contributed by atoms with E-state index in [0.717, 1.165) is 13.0 Å². The average Bonchev–Trinajstić information content (AvgIpc) is 2.87. The molecule has 1 aliphatic rings. The van der Waals surface area contributed by atoms with Crippen molar-refractivity contribution in [2.45, 2.75) is 19.4 Å².